The standard InChI is InChI=1S/C13H17ClN2O5S/c1-3-21-13(18)6-7-15-22(19,20)10-4-5-12(11(14)8-10)16-9(2)17/h4-5,8,15H,3,6-7H2,1-2H3,(H,16,17). The molecule has 0 aliphatic carbocycles. The molecule has 1 amide bonds. The van der Waals surface area contributed by atoms with E-state index in [1.807, 2.05) is 0 Å². The molecule has 0 aliphatic rings. The Bertz CT molecular complexity index is 660. The van der Waals surface area contributed by atoms with Gasteiger partial charge in [0, 0.05) is 13.5 Å². The molecule has 2 N–H and O–H groups in total. The first kappa shape index (κ1) is 18.4. The van der Waals surface area contributed by atoms with E-state index in [4.69, 9.17) is 16.3 Å². The molecule has 1 aromatic carbocycles. The van der Waals surface area contributed by atoms with Crippen molar-refractivity contribution in [3.05, 3.63) is 23.2 Å². The number of carbonyl (C=O) groups is 2. The number of esters is 1. The Morgan fingerprint density at radius 2 is 2.00 bits per heavy atom. The molecule has 0 fully saturated rings. The summed E-state index contributed by atoms with van der Waals surface area (Å²) in [7, 11) is -3.79. The first-order valence-corrected chi connectivity index (χ1v) is 8.34. The molecule has 0 atom stereocenters. The molecule has 1 aromatic rings. The van der Waals surface area contributed by atoms with E-state index in [1.54, 1.807) is 6.92 Å². The second kappa shape index (κ2) is 8.11. The largest absolute Gasteiger partial charge is 0.466 e. The SMILES string of the molecule is CCOC(=O)CCNS(=O)(=O)c1ccc(NC(C)=O)c(Cl)c1. The Balaban J connectivity index is 2.75. The summed E-state index contributed by atoms with van der Waals surface area (Å²) in [5, 5.41) is 2.58. The van der Waals surface area contributed by atoms with Crippen LogP contribution in [0.25, 0.3) is 0 Å². The van der Waals surface area contributed by atoms with E-state index in [0.29, 0.717) is 5.69 Å². The number of rotatable bonds is 7. The summed E-state index contributed by atoms with van der Waals surface area (Å²) in [6.45, 7) is 3.15. The van der Waals surface area contributed by atoms with E-state index in [0.717, 1.165) is 0 Å². The average molecular weight is 349 g/mol. The quantitative estimate of drug-likeness (QED) is 0.727. The number of sulfonamides is 1. The van der Waals surface area contributed by atoms with Crippen LogP contribution in [0.5, 0.6) is 0 Å². The van der Waals surface area contributed by atoms with Crippen molar-refractivity contribution in [3.8, 4) is 0 Å². The number of nitrogens with one attached hydrogen (secondary N) is 2. The topological polar surface area (TPSA) is 102 Å². The molecule has 1 rings (SSSR count). The molecule has 0 saturated carbocycles. The van der Waals surface area contributed by atoms with Crippen LogP contribution in [0.2, 0.25) is 5.02 Å². The number of ether oxygens (including phenoxy) is 1. The molecule has 0 spiro atoms. The summed E-state index contributed by atoms with van der Waals surface area (Å²) in [5.74, 6) is -0.797. The zero-order chi connectivity index (χ0) is 16.8. The van der Waals surface area contributed by atoms with Crippen molar-refractivity contribution >= 4 is 39.2 Å². The zero-order valence-corrected chi connectivity index (χ0v) is 13.8. The van der Waals surface area contributed by atoms with Crippen molar-refractivity contribution in [3.63, 3.8) is 0 Å². The smallest absolute Gasteiger partial charge is 0.307 e. The number of benzene rings is 1. The zero-order valence-electron chi connectivity index (χ0n) is 12.2. The third kappa shape index (κ3) is 5.63. The summed E-state index contributed by atoms with van der Waals surface area (Å²) in [4.78, 5) is 22.1. The van der Waals surface area contributed by atoms with Crippen molar-refractivity contribution in [2.24, 2.45) is 0 Å². The second-order valence-electron chi connectivity index (χ2n) is 4.28. The first-order valence-electron chi connectivity index (χ1n) is 6.48. The van der Waals surface area contributed by atoms with E-state index < -0.39 is 16.0 Å². The summed E-state index contributed by atoms with van der Waals surface area (Å²) in [6.07, 6.45) is -0.0647. The fraction of sp³-hybridized carbons (Fsp3) is 0.385. The van der Waals surface area contributed by atoms with Gasteiger partial charge in [-0.15, -0.1) is 0 Å². The Morgan fingerprint density at radius 1 is 1.32 bits per heavy atom. The Labute approximate surface area is 134 Å². The van der Waals surface area contributed by atoms with Crippen LogP contribution in [0.1, 0.15) is 20.3 Å². The maximum atomic E-state index is 12.0. The molecule has 0 saturated heterocycles. The van der Waals surface area contributed by atoms with Gasteiger partial charge in [0.25, 0.3) is 0 Å². The fourth-order valence-corrected chi connectivity index (χ4v) is 2.91. The number of halogens is 1. The summed E-state index contributed by atoms with van der Waals surface area (Å²) in [5.41, 5.74) is 0.319. The lowest BCUT2D eigenvalue weighted by Gasteiger charge is -2.09. The number of amides is 1. The van der Waals surface area contributed by atoms with Crippen molar-refractivity contribution in [2.75, 3.05) is 18.5 Å². The van der Waals surface area contributed by atoms with Gasteiger partial charge < -0.3 is 10.1 Å². The third-order valence-electron chi connectivity index (χ3n) is 2.49. The van der Waals surface area contributed by atoms with Gasteiger partial charge in [0.1, 0.15) is 0 Å². The molecular weight excluding hydrogens is 332 g/mol. The molecule has 0 aliphatic heterocycles. The second-order valence-corrected chi connectivity index (χ2v) is 6.45. The third-order valence-corrected chi connectivity index (χ3v) is 4.26. The molecule has 0 aromatic heterocycles. The van der Waals surface area contributed by atoms with E-state index >= 15 is 0 Å². The van der Waals surface area contributed by atoms with E-state index in [2.05, 4.69) is 10.0 Å². The van der Waals surface area contributed by atoms with Crippen LogP contribution < -0.4 is 10.0 Å². The highest BCUT2D eigenvalue weighted by Crippen LogP contribution is 2.25. The van der Waals surface area contributed by atoms with E-state index in [-0.39, 0.29) is 35.4 Å². The Hall–Kier alpha value is -1.64. The fourth-order valence-electron chi connectivity index (χ4n) is 1.56. The Kier molecular flexibility index (Phi) is 6.79. The van der Waals surface area contributed by atoms with Gasteiger partial charge in [-0.25, -0.2) is 13.1 Å². The molecular formula is C13H17ClN2O5S. The van der Waals surface area contributed by atoms with Gasteiger partial charge in [0.05, 0.1) is 28.6 Å². The van der Waals surface area contributed by atoms with Crippen molar-refractivity contribution in [1.82, 2.24) is 4.72 Å². The molecule has 7 nitrogen and oxygen atoms in total. The minimum atomic E-state index is -3.79. The molecule has 0 unspecified atom stereocenters. The summed E-state index contributed by atoms with van der Waals surface area (Å²) < 4.78 is 31.1. The van der Waals surface area contributed by atoms with Gasteiger partial charge in [0.15, 0.2) is 0 Å². The predicted molar refractivity (Wildman–Crippen MR) is 82.2 cm³/mol. The van der Waals surface area contributed by atoms with Crippen LogP contribution in [0, 0.1) is 0 Å². The van der Waals surface area contributed by atoms with Crippen LogP contribution in [0.3, 0.4) is 0 Å². The van der Waals surface area contributed by atoms with Crippen molar-refractivity contribution < 1.29 is 22.7 Å². The molecule has 0 heterocycles. The minimum Gasteiger partial charge on any atom is -0.466 e. The maximum Gasteiger partial charge on any atom is 0.307 e. The molecule has 122 valence electrons. The monoisotopic (exact) mass is 348 g/mol. The van der Waals surface area contributed by atoms with Gasteiger partial charge >= 0.3 is 5.97 Å². The number of hydrogen-bond donors (Lipinski definition) is 2. The molecule has 9 heteroatoms. The van der Waals surface area contributed by atoms with Gasteiger partial charge in [-0.2, -0.15) is 0 Å². The van der Waals surface area contributed by atoms with Crippen LogP contribution in [-0.4, -0.2) is 33.4 Å². The number of anilines is 1. The summed E-state index contributed by atoms with van der Waals surface area (Å²) >= 11 is 5.92. The van der Waals surface area contributed by atoms with Gasteiger partial charge in [-0.05, 0) is 25.1 Å². The lowest BCUT2D eigenvalue weighted by molar-refractivity contribution is -0.142. The highest BCUT2D eigenvalue weighted by Gasteiger charge is 2.16. The molecule has 0 radical (unpaired) electrons. The van der Waals surface area contributed by atoms with Gasteiger partial charge in [0.2, 0.25) is 15.9 Å². The maximum absolute atomic E-state index is 12.0. The van der Waals surface area contributed by atoms with Crippen LogP contribution in [0.4, 0.5) is 5.69 Å². The lowest BCUT2D eigenvalue weighted by atomic mass is 10.3. The van der Waals surface area contributed by atoms with E-state index in [9.17, 15) is 18.0 Å². The van der Waals surface area contributed by atoms with Gasteiger partial charge in [-0.3, -0.25) is 9.59 Å². The lowest BCUT2D eigenvalue weighted by Crippen LogP contribution is -2.26. The predicted octanol–water partition coefficient (Wildman–Crippen LogP) is 1.53. The van der Waals surface area contributed by atoms with Gasteiger partial charge in [-0.1, -0.05) is 11.6 Å². The Morgan fingerprint density at radius 3 is 2.55 bits per heavy atom. The number of carbonyl (C=O) groups excluding carboxylic acids is 2. The van der Waals surface area contributed by atoms with E-state index in [1.165, 1.54) is 25.1 Å². The first-order chi connectivity index (χ1) is 10.3. The van der Waals surface area contributed by atoms with Crippen LogP contribution in [-0.2, 0) is 24.3 Å². The summed E-state index contributed by atoms with van der Waals surface area (Å²) in [6, 6.07) is 3.92. The van der Waals surface area contributed by atoms with Crippen LogP contribution in [0.15, 0.2) is 23.1 Å². The molecule has 22 heavy (non-hydrogen) atoms. The normalized spacial score (nSPS) is 11.0. The van der Waals surface area contributed by atoms with Crippen LogP contribution >= 0.6 is 11.6 Å². The highest BCUT2D eigenvalue weighted by atomic mass is 35.5. The highest BCUT2D eigenvalue weighted by molar-refractivity contribution is 7.89. The van der Waals surface area contributed by atoms with Crippen molar-refractivity contribution in [2.45, 2.75) is 25.2 Å². The van der Waals surface area contributed by atoms with Crippen molar-refractivity contribution in [1.29, 1.82) is 0 Å². The minimum absolute atomic E-state index is 0.0598. The average Bonchev–Trinajstić information content (AvgIpc) is 2.40. The molecule has 0 bridgehead atoms. The number of hydrogen-bond acceptors (Lipinski definition) is 5.